The van der Waals surface area contributed by atoms with Gasteiger partial charge in [-0.05, 0) is 60.9 Å². The first-order valence-corrected chi connectivity index (χ1v) is 10.8. The van der Waals surface area contributed by atoms with Crippen molar-refractivity contribution in [2.24, 2.45) is 0 Å². The van der Waals surface area contributed by atoms with Gasteiger partial charge in [0.15, 0.2) is 5.78 Å². The number of hydrogen-bond acceptors (Lipinski definition) is 3. The van der Waals surface area contributed by atoms with E-state index in [1.807, 2.05) is 59.6 Å². The van der Waals surface area contributed by atoms with Crippen LogP contribution in [0.1, 0.15) is 28.8 Å². The lowest BCUT2D eigenvalue weighted by molar-refractivity contribution is -0.110. The highest BCUT2D eigenvalue weighted by Gasteiger charge is 2.36. The maximum absolute atomic E-state index is 12.9. The van der Waals surface area contributed by atoms with Crippen molar-refractivity contribution < 1.29 is 9.59 Å². The van der Waals surface area contributed by atoms with Crippen LogP contribution in [-0.2, 0) is 4.79 Å². The summed E-state index contributed by atoms with van der Waals surface area (Å²) in [5.74, 6) is -0.0862. The summed E-state index contributed by atoms with van der Waals surface area (Å²) in [5, 5.41) is 4.41. The van der Waals surface area contributed by atoms with Gasteiger partial charge >= 0.3 is 0 Å². The second-order valence-corrected chi connectivity index (χ2v) is 8.51. The number of aromatic amines is 1. The number of halogens is 1. The largest absolute Gasteiger partial charge is 0.361 e. The standard InChI is InChI=1S/C24H20BrN3O2/c25-16-8-10-20-19(12-16)15(14-26-20)7-9-17(29)13-22-23-6-3-11-28(23)24(30)18-4-1-2-5-21(18)27-22/h1-2,4-5,7-10,12-14,23,26-27H,3,6,11H2/b9-7+,22-13-/t23-/m0/s1. The summed E-state index contributed by atoms with van der Waals surface area (Å²) in [6, 6.07) is 13.4. The lowest BCUT2D eigenvalue weighted by Crippen LogP contribution is -2.36. The van der Waals surface area contributed by atoms with Crippen LogP contribution in [0.25, 0.3) is 17.0 Å². The van der Waals surface area contributed by atoms with Crippen LogP contribution in [0.2, 0.25) is 0 Å². The number of aromatic nitrogens is 1. The third-order valence-electron chi connectivity index (χ3n) is 5.71. The van der Waals surface area contributed by atoms with Crippen LogP contribution in [0.4, 0.5) is 5.69 Å². The molecule has 1 atom stereocenters. The van der Waals surface area contributed by atoms with Crippen molar-refractivity contribution in [3.05, 3.63) is 82.1 Å². The maximum atomic E-state index is 12.9. The number of hydrogen-bond donors (Lipinski definition) is 2. The Bertz CT molecular complexity index is 1220. The molecule has 5 rings (SSSR count). The van der Waals surface area contributed by atoms with E-state index in [0.717, 1.165) is 45.2 Å². The molecular weight excluding hydrogens is 442 g/mol. The van der Waals surface area contributed by atoms with Gasteiger partial charge in [-0.25, -0.2) is 0 Å². The minimum atomic E-state index is -0.111. The molecule has 1 amide bonds. The van der Waals surface area contributed by atoms with E-state index in [1.54, 1.807) is 12.2 Å². The Morgan fingerprint density at radius 3 is 2.97 bits per heavy atom. The van der Waals surface area contributed by atoms with Crippen molar-refractivity contribution >= 4 is 50.3 Å². The summed E-state index contributed by atoms with van der Waals surface area (Å²) in [6.07, 6.45) is 8.71. The number of fused-ring (bicyclic) bond motifs is 3. The van der Waals surface area contributed by atoms with Crippen LogP contribution in [0.3, 0.4) is 0 Å². The van der Waals surface area contributed by atoms with Crippen LogP contribution in [0, 0.1) is 0 Å². The van der Waals surface area contributed by atoms with E-state index >= 15 is 0 Å². The number of nitrogens with zero attached hydrogens (tertiary/aromatic N) is 1. The molecule has 2 aliphatic rings. The number of carbonyl (C=O) groups excluding carboxylic acids is 2. The van der Waals surface area contributed by atoms with Crippen LogP contribution in [0.15, 0.2) is 71.0 Å². The summed E-state index contributed by atoms with van der Waals surface area (Å²) < 4.78 is 0.991. The van der Waals surface area contributed by atoms with Gasteiger partial charge in [-0.15, -0.1) is 0 Å². The molecule has 1 fully saturated rings. The van der Waals surface area contributed by atoms with Gasteiger partial charge in [0.05, 0.1) is 17.3 Å². The maximum Gasteiger partial charge on any atom is 0.256 e. The number of H-pyrrole nitrogens is 1. The molecule has 0 bridgehead atoms. The molecule has 1 aromatic heterocycles. The van der Waals surface area contributed by atoms with E-state index in [9.17, 15) is 9.59 Å². The van der Waals surface area contributed by atoms with Gasteiger partial charge in [0, 0.05) is 39.9 Å². The SMILES string of the molecule is O=C(/C=C1\Nc2ccccc2C(=O)N2CCC[C@@H]12)/C=C/c1c[nH]c2ccc(Br)cc12. The number of anilines is 1. The van der Waals surface area contributed by atoms with Gasteiger partial charge in [0.2, 0.25) is 0 Å². The predicted octanol–water partition coefficient (Wildman–Crippen LogP) is 5.13. The number of benzene rings is 2. The highest BCUT2D eigenvalue weighted by Crippen LogP contribution is 2.33. The number of allylic oxidation sites excluding steroid dienone is 2. The number of para-hydroxylation sites is 1. The summed E-state index contributed by atoms with van der Waals surface area (Å²) in [5.41, 5.74) is 4.16. The fourth-order valence-electron chi connectivity index (χ4n) is 4.26. The minimum Gasteiger partial charge on any atom is -0.361 e. The molecule has 1 saturated heterocycles. The van der Waals surface area contributed by atoms with E-state index in [4.69, 9.17) is 0 Å². The highest BCUT2D eigenvalue weighted by molar-refractivity contribution is 9.10. The van der Waals surface area contributed by atoms with Crippen molar-refractivity contribution in [1.82, 2.24) is 9.88 Å². The topological polar surface area (TPSA) is 65.2 Å². The van der Waals surface area contributed by atoms with Gasteiger partial charge in [-0.3, -0.25) is 9.59 Å². The van der Waals surface area contributed by atoms with Crippen molar-refractivity contribution in [2.45, 2.75) is 18.9 Å². The molecule has 2 N–H and O–H groups in total. The van der Waals surface area contributed by atoms with Crippen molar-refractivity contribution in [2.75, 3.05) is 11.9 Å². The summed E-state index contributed by atoms with van der Waals surface area (Å²) in [6.45, 7) is 0.713. The lowest BCUT2D eigenvalue weighted by atomic mass is 10.1. The second-order valence-electron chi connectivity index (χ2n) is 7.60. The normalized spacial score (nSPS) is 19.8. The molecule has 5 nitrogen and oxygen atoms in total. The monoisotopic (exact) mass is 461 g/mol. The van der Waals surface area contributed by atoms with E-state index in [1.165, 1.54) is 0 Å². The number of rotatable bonds is 3. The minimum absolute atomic E-state index is 0.0244. The van der Waals surface area contributed by atoms with Crippen LogP contribution in [-0.4, -0.2) is 34.2 Å². The predicted molar refractivity (Wildman–Crippen MR) is 122 cm³/mol. The lowest BCUT2D eigenvalue weighted by Gasteiger charge is -2.23. The summed E-state index contributed by atoms with van der Waals surface area (Å²) in [7, 11) is 0. The smallest absolute Gasteiger partial charge is 0.256 e. The number of carbonyl (C=O) groups is 2. The first-order chi connectivity index (χ1) is 14.6. The second kappa shape index (κ2) is 7.61. The quantitative estimate of drug-likeness (QED) is 0.531. The number of ketones is 1. The average Bonchev–Trinajstić information content (AvgIpc) is 3.36. The third kappa shape index (κ3) is 3.37. The molecule has 2 aliphatic heterocycles. The van der Waals surface area contributed by atoms with Gasteiger partial charge in [0.25, 0.3) is 5.91 Å². The van der Waals surface area contributed by atoms with Gasteiger partial charge in [0.1, 0.15) is 0 Å². The fraction of sp³-hybridized carbons (Fsp3) is 0.167. The Kier molecular flexibility index (Phi) is 4.79. The van der Waals surface area contributed by atoms with E-state index in [-0.39, 0.29) is 17.7 Å². The van der Waals surface area contributed by atoms with Crippen molar-refractivity contribution in [1.29, 1.82) is 0 Å². The molecule has 150 valence electrons. The zero-order valence-electron chi connectivity index (χ0n) is 16.2. The van der Waals surface area contributed by atoms with Crippen LogP contribution in [0.5, 0.6) is 0 Å². The Labute approximate surface area is 182 Å². The molecule has 0 unspecified atom stereocenters. The first-order valence-electron chi connectivity index (χ1n) is 9.97. The molecule has 0 radical (unpaired) electrons. The molecular formula is C24H20BrN3O2. The third-order valence-corrected chi connectivity index (χ3v) is 6.20. The molecule has 0 spiro atoms. The molecule has 30 heavy (non-hydrogen) atoms. The molecule has 6 heteroatoms. The molecule has 0 aliphatic carbocycles. The summed E-state index contributed by atoms with van der Waals surface area (Å²) in [4.78, 5) is 30.8. The molecule has 2 aromatic carbocycles. The van der Waals surface area contributed by atoms with Crippen LogP contribution >= 0.6 is 15.9 Å². The highest BCUT2D eigenvalue weighted by atomic mass is 79.9. The Hall–Kier alpha value is -3.12. The van der Waals surface area contributed by atoms with Crippen LogP contribution < -0.4 is 5.32 Å². The first kappa shape index (κ1) is 18.9. The van der Waals surface area contributed by atoms with Crippen molar-refractivity contribution in [3.8, 4) is 0 Å². The zero-order chi connectivity index (χ0) is 20.7. The molecule has 3 aromatic rings. The Balaban J connectivity index is 1.45. The van der Waals surface area contributed by atoms with Crippen molar-refractivity contribution in [3.63, 3.8) is 0 Å². The van der Waals surface area contributed by atoms with Gasteiger partial charge in [-0.2, -0.15) is 0 Å². The summed E-state index contributed by atoms with van der Waals surface area (Å²) >= 11 is 3.49. The Morgan fingerprint density at radius 2 is 2.07 bits per heavy atom. The van der Waals surface area contributed by atoms with Gasteiger partial charge < -0.3 is 15.2 Å². The number of nitrogens with one attached hydrogen (secondary N) is 2. The van der Waals surface area contributed by atoms with Gasteiger partial charge in [-0.1, -0.05) is 28.1 Å². The number of amides is 1. The fourth-order valence-corrected chi connectivity index (χ4v) is 4.62. The zero-order valence-corrected chi connectivity index (χ0v) is 17.8. The molecule has 3 heterocycles. The van der Waals surface area contributed by atoms with E-state index in [0.29, 0.717) is 12.1 Å². The van der Waals surface area contributed by atoms with E-state index in [2.05, 4.69) is 26.2 Å². The average molecular weight is 462 g/mol. The molecule has 0 saturated carbocycles. The van der Waals surface area contributed by atoms with E-state index < -0.39 is 0 Å². The Morgan fingerprint density at radius 1 is 1.20 bits per heavy atom.